The predicted molar refractivity (Wildman–Crippen MR) is 132 cm³/mol. The average Bonchev–Trinajstić information content (AvgIpc) is 3.12. The second kappa shape index (κ2) is 8.31. The first kappa shape index (κ1) is 21.7. The van der Waals surface area contributed by atoms with Gasteiger partial charge in [0.15, 0.2) is 5.60 Å². The molecule has 0 amide bonds. The second-order valence-electron chi connectivity index (χ2n) is 8.44. The highest BCUT2D eigenvalue weighted by Crippen LogP contribution is 2.56. The van der Waals surface area contributed by atoms with Gasteiger partial charge in [0.1, 0.15) is 11.5 Å². The molecule has 0 fully saturated rings. The van der Waals surface area contributed by atoms with E-state index in [-0.39, 0.29) is 11.3 Å². The second-order valence-corrected chi connectivity index (χ2v) is 9.19. The van der Waals surface area contributed by atoms with Crippen molar-refractivity contribution in [2.24, 2.45) is 0 Å². The van der Waals surface area contributed by atoms with E-state index in [1.165, 1.54) is 0 Å². The van der Waals surface area contributed by atoms with E-state index in [1.807, 2.05) is 61.5 Å². The molecule has 33 heavy (non-hydrogen) atoms. The number of alkyl halides is 1. The Hall–Kier alpha value is -3.18. The van der Waals surface area contributed by atoms with Crippen molar-refractivity contribution in [3.8, 4) is 11.5 Å². The van der Waals surface area contributed by atoms with Crippen LogP contribution >= 0.6 is 11.6 Å². The summed E-state index contributed by atoms with van der Waals surface area (Å²) in [5.41, 5.74) is 3.94. The Morgan fingerprint density at radius 1 is 0.970 bits per heavy atom. The number of anilines is 2. The van der Waals surface area contributed by atoms with Gasteiger partial charge in [0, 0.05) is 59.1 Å². The highest BCUT2D eigenvalue weighted by Gasteiger charge is 2.53. The van der Waals surface area contributed by atoms with Crippen LogP contribution in [0.15, 0.2) is 60.7 Å². The first-order chi connectivity index (χ1) is 16.0. The zero-order valence-electron chi connectivity index (χ0n) is 19.0. The molecule has 2 aliphatic heterocycles. The van der Waals surface area contributed by atoms with Crippen LogP contribution in [-0.2, 0) is 10.3 Å². The van der Waals surface area contributed by atoms with E-state index in [4.69, 9.17) is 21.1 Å². The molecule has 3 aromatic carbocycles. The maximum Gasteiger partial charge on any atom is 0.340 e. The van der Waals surface area contributed by atoms with Crippen molar-refractivity contribution in [1.82, 2.24) is 0 Å². The standard InChI is InChI=1S/C27H27ClN2O3/c1-4-30(5-2)19-11-12-22-25(15-19)32-24-13-10-18(29-16-17(3)28)14-23(24)27(22)21-9-7-6-8-20(21)26(31)33-27/h6-15,17,29H,4-5,16H2,1-3H3. The van der Waals surface area contributed by atoms with Crippen LogP contribution in [-0.4, -0.2) is 31.0 Å². The van der Waals surface area contributed by atoms with E-state index >= 15 is 0 Å². The van der Waals surface area contributed by atoms with E-state index in [9.17, 15) is 4.79 Å². The van der Waals surface area contributed by atoms with E-state index in [0.717, 1.165) is 41.2 Å². The lowest BCUT2D eigenvalue weighted by Gasteiger charge is -2.37. The van der Waals surface area contributed by atoms with Crippen LogP contribution in [0.3, 0.4) is 0 Å². The highest BCUT2D eigenvalue weighted by atomic mass is 35.5. The number of hydrogen-bond donors (Lipinski definition) is 1. The maximum atomic E-state index is 13.0. The Morgan fingerprint density at radius 2 is 1.76 bits per heavy atom. The Balaban J connectivity index is 1.72. The van der Waals surface area contributed by atoms with Crippen LogP contribution in [0.2, 0.25) is 0 Å². The number of carbonyl (C=O) groups excluding carboxylic acids is 1. The van der Waals surface area contributed by atoms with Gasteiger partial charge in [-0.05, 0) is 57.2 Å². The molecule has 5 nitrogen and oxygen atoms in total. The number of rotatable bonds is 6. The van der Waals surface area contributed by atoms with E-state index < -0.39 is 5.60 Å². The zero-order valence-corrected chi connectivity index (χ0v) is 19.8. The fourth-order valence-corrected chi connectivity index (χ4v) is 4.89. The maximum absolute atomic E-state index is 13.0. The van der Waals surface area contributed by atoms with Crippen LogP contribution in [0.4, 0.5) is 11.4 Å². The van der Waals surface area contributed by atoms with Crippen molar-refractivity contribution in [3.05, 3.63) is 82.9 Å². The lowest BCUT2D eigenvalue weighted by Crippen LogP contribution is -2.33. The van der Waals surface area contributed by atoms with E-state index in [0.29, 0.717) is 23.6 Å². The van der Waals surface area contributed by atoms with Gasteiger partial charge in [-0.3, -0.25) is 0 Å². The minimum atomic E-state index is -1.07. The van der Waals surface area contributed by atoms with Gasteiger partial charge in [-0.25, -0.2) is 4.79 Å². The minimum Gasteiger partial charge on any atom is -0.456 e. The molecule has 3 aromatic rings. The topological polar surface area (TPSA) is 50.8 Å². The van der Waals surface area contributed by atoms with Gasteiger partial charge in [0.2, 0.25) is 0 Å². The summed E-state index contributed by atoms with van der Waals surface area (Å²) < 4.78 is 12.7. The first-order valence-electron chi connectivity index (χ1n) is 11.4. The third kappa shape index (κ3) is 3.42. The monoisotopic (exact) mass is 462 g/mol. The average molecular weight is 463 g/mol. The summed E-state index contributed by atoms with van der Waals surface area (Å²) in [5.74, 6) is 1.05. The lowest BCUT2D eigenvalue weighted by molar-refractivity contribution is 0.0224. The Labute approximate surface area is 199 Å². The fraction of sp³-hybridized carbons (Fsp3) is 0.296. The third-order valence-corrected chi connectivity index (χ3v) is 6.57. The van der Waals surface area contributed by atoms with E-state index in [2.05, 4.69) is 30.1 Å². The minimum absolute atomic E-state index is 0.0181. The van der Waals surface area contributed by atoms with Gasteiger partial charge in [0.05, 0.1) is 5.56 Å². The van der Waals surface area contributed by atoms with Gasteiger partial charge < -0.3 is 19.7 Å². The molecule has 0 radical (unpaired) electrons. The third-order valence-electron chi connectivity index (χ3n) is 6.41. The molecule has 1 N–H and O–H groups in total. The van der Waals surface area contributed by atoms with Crippen molar-refractivity contribution in [1.29, 1.82) is 0 Å². The molecule has 5 rings (SSSR count). The van der Waals surface area contributed by atoms with Crippen LogP contribution < -0.4 is 15.0 Å². The molecule has 0 bridgehead atoms. The van der Waals surface area contributed by atoms with Gasteiger partial charge in [-0.15, -0.1) is 11.6 Å². The van der Waals surface area contributed by atoms with Gasteiger partial charge in [-0.2, -0.15) is 0 Å². The molecular formula is C27H27ClN2O3. The zero-order chi connectivity index (χ0) is 23.2. The number of hydrogen-bond acceptors (Lipinski definition) is 5. The summed E-state index contributed by atoms with van der Waals surface area (Å²) in [5, 5.41) is 3.35. The van der Waals surface area contributed by atoms with Crippen LogP contribution in [0, 0.1) is 0 Å². The molecule has 170 valence electrons. The molecule has 0 aromatic heterocycles. The molecule has 2 unspecified atom stereocenters. The molecule has 0 saturated carbocycles. The fourth-order valence-electron chi connectivity index (χ4n) is 4.82. The predicted octanol–water partition coefficient (Wildman–Crippen LogP) is 6.14. The molecule has 2 aliphatic rings. The van der Waals surface area contributed by atoms with Crippen molar-refractivity contribution in [2.75, 3.05) is 29.9 Å². The normalized spacial score (nSPS) is 18.6. The van der Waals surface area contributed by atoms with Crippen molar-refractivity contribution >= 4 is 28.9 Å². The highest BCUT2D eigenvalue weighted by molar-refractivity contribution is 6.20. The number of nitrogens with one attached hydrogen (secondary N) is 1. The number of benzene rings is 3. The van der Waals surface area contributed by atoms with Gasteiger partial charge in [-0.1, -0.05) is 18.2 Å². The van der Waals surface area contributed by atoms with Crippen molar-refractivity contribution in [2.45, 2.75) is 31.7 Å². The summed E-state index contributed by atoms with van der Waals surface area (Å²) in [6, 6.07) is 19.7. The lowest BCUT2D eigenvalue weighted by atomic mass is 9.77. The summed E-state index contributed by atoms with van der Waals surface area (Å²) in [6.45, 7) is 8.61. The smallest absolute Gasteiger partial charge is 0.340 e. The Morgan fingerprint density at radius 3 is 2.52 bits per heavy atom. The summed E-state index contributed by atoms with van der Waals surface area (Å²) in [7, 11) is 0. The molecular weight excluding hydrogens is 436 g/mol. The number of ether oxygens (including phenoxy) is 2. The van der Waals surface area contributed by atoms with Crippen LogP contribution in [0.5, 0.6) is 11.5 Å². The number of halogens is 1. The molecule has 1 spiro atoms. The largest absolute Gasteiger partial charge is 0.456 e. The van der Waals surface area contributed by atoms with Crippen molar-refractivity contribution < 1.29 is 14.3 Å². The molecule has 0 saturated heterocycles. The molecule has 2 atom stereocenters. The first-order valence-corrected chi connectivity index (χ1v) is 11.8. The number of nitrogens with zero attached hydrogens (tertiary/aromatic N) is 1. The summed E-state index contributed by atoms with van der Waals surface area (Å²) in [6.07, 6.45) is 0. The Bertz CT molecular complexity index is 1220. The van der Waals surface area contributed by atoms with Gasteiger partial charge in [0.25, 0.3) is 0 Å². The van der Waals surface area contributed by atoms with E-state index in [1.54, 1.807) is 0 Å². The van der Waals surface area contributed by atoms with Crippen LogP contribution in [0.25, 0.3) is 0 Å². The number of esters is 1. The van der Waals surface area contributed by atoms with Crippen molar-refractivity contribution in [3.63, 3.8) is 0 Å². The quantitative estimate of drug-likeness (QED) is 0.352. The number of carbonyl (C=O) groups is 1. The SMILES string of the molecule is CCN(CC)c1ccc2c(c1)Oc1ccc(NCC(C)Cl)cc1C21OC(=O)c2ccccc21. The Kier molecular flexibility index (Phi) is 5.45. The summed E-state index contributed by atoms with van der Waals surface area (Å²) in [4.78, 5) is 15.3. The van der Waals surface area contributed by atoms with Crippen LogP contribution in [0.1, 0.15) is 47.8 Å². The molecule has 0 aliphatic carbocycles. The number of fused-ring (bicyclic) bond motifs is 6. The molecule has 2 heterocycles. The molecule has 6 heteroatoms. The summed E-state index contributed by atoms with van der Waals surface area (Å²) >= 11 is 6.15. The van der Waals surface area contributed by atoms with Gasteiger partial charge >= 0.3 is 5.97 Å².